The number of guanidine groups is 1. The van der Waals surface area contributed by atoms with Crippen molar-refractivity contribution in [2.45, 2.75) is 25.7 Å². The number of rotatable bonds is 9. The van der Waals surface area contributed by atoms with E-state index in [0.29, 0.717) is 12.6 Å². The van der Waals surface area contributed by atoms with Crippen LogP contribution in [0.25, 0.3) is 0 Å². The highest BCUT2D eigenvalue weighted by atomic mass is 79.9. The Morgan fingerprint density at radius 2 is 1.88 bits per heavy atom. The Bertz CT molecular complexity index is 730. The first-order chi connectivity index (χ1) is 12.8. The second-order valence-corrected chi connectivity index (χ2v) is 6.38. The van der Waals surface area contributed by atoms with E-state index in [2.05, 4.69) is 36.5 Å². The molecule has 26 heavy (non-hydrogen) atoms. The van der Waals surface area contributed by atoms with Gasteiger partial charge in [-0.15, -0.1) is 0 Å². The number of ether oxygens (including phenoxy) is 1. The highest BCUT2D eigenvalue weighted by molar-refractivity contribution is 9.10. The molecule has 2 N–H and O–H groups in total. The van der Waals surface area contributed by atoms with E-state index in [-0.39, 0.29) is 0 Å². The van der Waals surface area contributed by atoms with Gasteiger partial charge in [-0.25, -0.2) is 4.99 Å². The summed E-state index contributed by atoms with van der Waals surface area (Å²) in [7, 11) is 0. The van der Waals surface area contributed by atoms with Gasteiger partial charge in [0.25, 0.3) is 0 Å². The molecule has 0 fully saturated rings. The molecule has 6 nitrogen and oxygen atoms in total. The van der Waals surface area contributed by atoms with Crippen LogP contribution in [-0.4, -0.2) is 24.1 Å². The van der Waals surface area contributed by atoms with E-state index in [1.54, 1.807) is 24.5 Å². The van der Waals surface area contributed by atoms with Crippen LogP contribution in [0.5, 0.6) is 5.75 Å². The Morgan fingerprint density at radius 1 is 1.12 bits per heavy atom. The van der Waals surface area contributed by atoms with Gasteiger partial charge in [0.15, 0.2) is 6.19 Å². The maximum atomic E-state index is 8.82. The number of para-hydroxylation sites is 1. The molecule has 0 atom stereocenters. The first-order valence-corrected chi connectivity index (χ1v) is 9.34. The smallest absolute Gasteiger partial charge is 0.209 e. The summed E-state index contributed by atoms with van der Waals surface area (Å²) in [5.74, 6) is 1.34. The van der Waals surface area contributed by atoms with Crippen molar-refractivity contribution in [3.05, 3.63) is 53.3 Å². The summed E-state index contributed by atoms with van der Waals surface area (Å²) >= 11 is 3.47. The summed E-state index contributed by atoms with van der Waals surface area (Å²) in [6.45, 7) is 1.46. The molecule has 0 aliphatic carbocycles. The third-order valence-electron chi connectivity index (χ3n) is 3.54. The Balaban J connectivity index is 1.59. The van der Waals surface area contributed by atoms with Gasteiger partial charge in [0.05, 0.1) is 16.8 Å². The summed E-state index contributed by atoms with van der Waals surface area (Å²) in [6, 6.07) is 11.4. The van der Waals surface area contributed by atoms with Gasteiger partial charge in [-0.05, 0) is 53.0 Å². The van der Waals surface area contributed by atoms with Crippen LogP contribution >= 0.6 is 15.9 Å². The van der Waals surface area contributed by atoms with Gasteiger partial charge < -0.3 is 10.1 Å². The lowest BCUT2D eigenvalue weighted by Crippen LogP contribution is -2.34. The molecule has 0 saturated carbocycles. The van der Waals surface area contributed by atoms with E-state index < -0.39 is 0 Å². The molecule has 7 heteroatoms. The first-order valence-electron chi connectivity index (χ1n) is 8.54. The van der Waals surface area contributed by atoms with Crippen LogP contribution in [0, 0.1) is 11.5 Å². The molecule has 1 aromatic heterocycles. The third-order valence-corrected chi connectivity index (χ3v) is 4.19. The quantitative estimate of drug-likeness (QED) is 0.211. The third kappa shape index (κ3) is 7.53. The number of nitrogens with zero attached hydrogens (tertiary/aromatic N) is 3. The largest absolute Gasteiger partial charge is 0.492 e. The van der Waals surface area contributed by atoms with Crippen molar-refractivity contribution in [3.63, 3.8) is 0 Å². The number of benzene rings is 1. The summed E-state index contributed by atoms with van der Waals surface area (Å²) < 4.78 is 6.73. The zero-order valence-electron chi connectivity index (χ0n) is 14.5. The monoisotopic (exact) mass is 415 g/mol. The zero-order valence-corrected chi connectivity index (χ0v) is 16.1. The van der Waals surface area contributed by atoms with Gasteiger partial charge in [0.1, 0.15) is 5.75 Å². The average molecular weight is 416 g/mol. The summed E-state index contributed by atoms with van der Waals surface area (Å²) in [5, 5.41) is 14.5. The molecule has 1 heterocycles. The zero-order chi connectivity index (χ0) is 18.5. The number of aliphatic imine (C=N–C) groups is 1. The number of hydrogen-bond acceptors (Lipinski definition) is 4. The maximum absolute atomic E-state index is 8.82. The van der Waals surface area contributed by atoms with Crippen LogP contribution in [0.1, 0.15) is 25.7 Å². The summed E-state index contributed by atoms with van der Waals surface area (Å²) in [4.78, 5) is 8.29. The molecule has 0 saturated heterocycles. The molecule has 2 rings (SSSR count). The first kappa shape index (κ1) is 19.7. The predicted octanol–water partition coefficient (Wildman–Crippen LogP) is 4.13. The van der Waals surface area contributed by atoms with Gasteiger partial charge in [0.2, 0.25) is 5.96 Å². The maximum Gasteiger partial charge on any atom is 0.209 e. The van der Waals surface area contributed by atoms with Crippen LogP contribution < -0.4 is 15.4 Å². The Hall–Kier alpha value is -2.59. The normalized spacial score (nSPS) is 10.8. The number of hydrogen-bond donors (Lipinski definition) is 2. The minimum atomic E-state index is 0.455. The molecule has 2 aromatic rings. The van der Waals surface area contributed by atoms with Crippen molar-refractivity contribution < 1.29 is 4.74 Å². The SMILES string of the molecule is N#CN/C(=N\c1ccncc1)NCCCCCCOc1ccccc1Br. The van der Waals surface area contributed by atoms with Crippen molar-refractivity contribution >= 4 is 27.6 Å². The predicted molar refractivity (Wildman–Crippen MR) is 106 cm³/mol. The summed E-state index contributed by atoms with van der Waals surface area (Å²) in [6.07, 6.45) is 9.41. The standard InChI is InChI=1S/C19H22BrN5O/c20-17-7-3-4-8-18(17)26-14-6-2-1-5-11-23-19(24-15-21)25-16-9-12-22-13-10-16/h3-4,7-10,12-13H,1-2,5-6,11,14H2,(H2,22,23,24,25). The van der Waals surface area contributed by atoms with E-state index in [1.807, 2.05) is 30.5 Å². The summed E-state index contributed by atoms with van der Waals surface area (Å²) in [5.41, 5.74) is 0.745. The Morgan fingerprint density at radius 3 is 2.65 bits per heavy atom. The topological polar surface area (TPSA) is 82.3 Å². The molecule has 0 amide bonds. The van der Waals surface area contributed by atoms with Crippen molar-refractivity contribution in [2.75, 3.05) is 13.2 Å². The minimum absolute atomic E-state index is 0.455. The highest BCUT2D eigenvalue weighted by Crippen LogP contribution is 2.23. The molecule has 0 bridgehead atoms. The second-order valence-electron chi connectivity index (χ2n) is 5.52. The fourth-order valence-corrected chi connectivity index (χ4v) is 2.64. The second kappa shape index (κ2) is 11.9. The van der Waals surface area contributed by atoms with Crippen molar-refractivity contribution in [1.82, 2.24) is 15.6 Å². The molecule has 0 aliphatic heterocycles. The van der Waals surface area contributed by atoms with E-state index in [9.17, 15) is 0 Å². The van der Waals surface area contributed by atoms with E-state index >= 15 is 0 Å². The molecular weight excluding hydrogens is 394 g/mol. The molecule has 0 spiro atoms. The fourth-order valence-electron chi connectivity index (χ4n) is 2.24. The van der Waals surface area contributed by atoms with Crippen molar-refractivity contribution in [1.29, 1.82) is 5.26 Å². The van der Waals surface area contributed by atoms with E-state index in [1.165, 1.54) is 0 Å². The van der Waals surface area contributed by atoms with Crippen molar-refractivity contribution in [3.8, 4) is 11.9 Å². The Kier molecular flexibility index (Phi) is 9.01. The van der Waals surface area contributed by atoms with Crippen LogP contribution in [0.15, 0.2) is 58.3 Å². The highest BCUT2D eigenvalue weighted by Gasteiger charge is 2.00. The molecule has 136 valence electrons. The van der Waals surface area contributed by atoms with Gasteiger partial charge in [-0.1, -0.05) is 25.0 Å². The molecule has 0 unspecified atom stereocenters. The number of halogens is 1. The van der Waals surface area contributed by atoms with E-state index in [4.69, 9.17) is 10.00 Å². The lowest BCUT2D eigenvalue weighted by atomic mass is 10.2. The fraction of sp³-hybridized carbons (Fsp3) is 0.316. The Labute approximate surface area is 162 Å². The van der Waals surface area contributed by atoms with Gasteiger partial charge in [0, 0.05) is 18.9 Å². The lowest BCUT2D eigenvalue weighted by Gasteiger charge is -2.09. The number of pyridine rings is 1. The molecule has 0 radical (unpaired) electrons. The molecule has 0 aliphatic rings. The van der Waals surface area contributed by atoms with Gasteiger partial charge in [-0.3, -0.25) is 10.3 Å². The average Bonchev–Trinajstić information content (AvgIpc) is 2.66. The van der Waals surface area contributed by atoms with Gasteiger partial charge >= 0.3 is 0 Å². The van der Waals surface area contributed by atoms with Crippen LogP contribution in [0.3, 0.4) is 0 Å². The number of unbranched alkanes of at least 4 members (excludes halogenated alkanes) is 3. The van der Waals surface area contributed by atoms with Gasteiger partial charge in [-0.2, -0.15) is 5.26 Å². The van der Waals surface area contributed by atoms with Crippen LogP contribution in [-0.2, 0) is 0 Å². The molecule has 1 aromatic carbocycles. The van der Waals surface area contributed by atoms with E-state index in [0.717, 1.165) is 48.1 Å². The van der Waals surface area contributed by atoms with Crippen molar-refractivity contribution in [2.24, 2.45) is 4.99 Å². The minimum Gasteiger partial charge on any atom is -0.492 e. The number of nitriles is 1. The van der Waals surface area contributed by atoms with Crippen LogP contribution in [0.4, 0.5) is 5.69 Å². The number of nitrogens with one attached hydrogen (secondary N) is 2. The van der Waals surface area contributed by atoms with Crippen LogP contribution in [0.2, 0.25) is 0 Å². The lowest BCUT2D eigenvalue weighted by molar-refractivity contribution is 0.303. The molecular formula is C19H22BrN5O. The number of aromatic nitrogens is 1.